The van der Waals surface area contributed by atoms with E-state index in [2.05, 4.69) is 19.0 Å². The summed E-state index contributed by atoms with van der Waals surface area (Å²) in [6.07, 6.45) is 3.61. The summed E-state index contributed by atoms with van der Waals surface area (Å²) in [7, 11) is 0.815. The Kier molecular flexibility index (Phi) is 5.02. The number of aryl methyl sites for hydroxylation is 1. The molecule has 2 aliphatic heterocycles. The quantitative estimate of drug-likeness (QED) is 0.837. The SMILES string of the molecule is Cc1ccccc1S(=O)(=O)N1CCC2(CC1)C[C@@H](N(C)C)CCO2. The largest absolute Gasteiger partial charge is 0.375 e. The fourth-order valence-electron chi connectivity index (χ4n) is 3.91. The van der Waals surface area contributed by atoms with Gasteiger partial charge in [-0.2, -0.15) is 4.31 Å². The molecular formula is C18H28N2O3S. The highest BCUT2D eigenvalue weighted by molar-refractivity contribution is 7.89. The van der Waals surface area contributed by atoms with Crippen molar-refractivity contribution in [3.05, 3.63) is 29.8 Å². The van der Waals surface area contributed by atoms with Crippen LogP contribution in [0.25, 0.3) is 0 Å². The molecule has 0 amide bonds. The van der Waals surface area contributed by atoms with Crippen LogP contribution in [0.5, 0.6) is 0 Å². The molecule has 1 atom stereocenters. The average Bonchev–Trinajstić information content (AvgIpc) is 2.55. The van der Waals surface area contributed by atoms with Gasteiger partial charge in [0, 0.05) is 25.7 Å². The summed E-state index contributed by atoms with van der Waals surface area (Å²) in [5.41, 5.74) is 0.657. The van der Waals surface area contributed by atoms with E-state index < -0.39 is 10.0 Å². The summed E-state index contributed by atoms with van der Waals surface area (Å²) in [6, 6.07) is 7.74. The van der Waals surface area contributed by atoms with Crippen molar-refractivity contribution in [1.29, 1.82) is 0 Å². The zero-order chi connectivity index (χ0) is 17.4. The predicted octanol–water partition coefficient (Wildman–Crippen LogP) is 2.26. The molecule has 1 aromatic carbocycles. The molecule has 2 fully saturated rings. The topological polar surface area (TPSA) is 49.9 Å². The lowest BCUT2D eigenvalue weighted by atomic mass is 9.82. The number of hydrogen-bond donors (Lipinski definition) is 0. The second-order valence-corrected chi connectivity index (χ2v) is 9.22. The standard InChI is InChI=1S/C18H28N2O3S/c1-15-6-4-5-7-17(15)24(21,22)20-11-9-18(10-12-20)14-16(19(2)3)8-13-23-18/h4-7,16H,8-14H2,1-3H3/t16-/m0/s1. The zero-order valence-electron chi connectivity index (χ0n) is 14.9. The van der Waals surface area contributed by atoms with Gasteiger partial charge in [-0.25, -0.2) is 8.42 Å². The van der Waals surface area contributed by atoms with Crippen LogP contribution in [0.2, 0.25) is 0 Å². The third-order valence-electron chi connectivity index (χ3n) is 5.54. The van der Waals surface area contributed by atoms with Gasteiger partial charge in [0.1, 0.15) is 0 Å². The Morgan fingerprint density at radius 2 is 1.88 bits per heavy atom. The number of ether oxygens (including phenoxy) is 1. The Balaban J connectivity index is 1.72. The summed E-state index contributed by atoms with van der Waals surface area (Å²) in [5.74, 6) is 0. The fraction of sp³-hybridized carbons (Fsp3) is 0.667. The molecule has 0 aliphatic carbocycles. The maximum atomic E-state index is 12.9. The molecule has 0 saturated carbocycles. The predicted molar refractivity (Wildman–Crippen MR) is 94.6 cm³/mol. The molecule has 1 aromatic rings. The minimum atomic E-state index is -3.41. The maximum Gasteiger partial charge on any atom is 0.243 e. The summed E-state index contributed by atoms with van der Waals surface area (Å²) in [4.78, 5) is 2.69. The van der Waals surface area contributed by atoms with E-state index in [1.54, 1.807) is 16.4 Å². The molecule has 5 nitrogen and oxygen atoms in total. The van der Waals surface area contributed by atoms with Crippen LogP contribution in [-0.2, 0) is 14.8 Å². The van der Waals surface area contributed by atoms with Crippen molar-refractivity contribution >= 4 is 10.0 Å². The van der Waals surface area contributed by atoms with Crippen molar-refractivity contribution in [3.8, 4) is 0 Å². The zero-order valence-corrected chi connectivity index (χ0v) is 15.7. The molecule has 0 radical (unpaired) electrons. The lowest BCUT2D eigenvalue weighted by molar-refractivity contribution is -0.123. The summed E-state index contributed by atoms with van der Waals surface area (Å²) < 4.78 is 33.6. The molecule has 0 N–H and O–H groups in total. The maximum absolute atomic E-state index is 12.9. The van der Waals surface area contributed by atoms with Crippen LogP contribution in [0.15, 0.2) is 29.2 Å². The molecule has 24 heavy (non-hydrogen) atoms. The van der Waals surface area contributed by atoms with E-state index >= 15 is 0 Å². The number of piperidine rings is 1. The van der Waals surface area contributed by atoms with Crippen LogP contribution < -0.4 is 0 Å². The van der Waals surface area contributed by atoms with E-state index in [1.807, 2.05) is 19.1 Å². The molecule has 2 heterocycles. The van der Waals surface area contributed by atoms with Crippen LogP contribution in [0.4, 0.5) is 0 Å². The molecule has 6 heteroatoms. The average molecular weight is 353 g/mol. The Labute approximate surface area is 145 Å². The normalized spacial score (nSPS) is 25.2. The monoisotopic (exact) mass is 352 g/mol. The van der Waals surface area contributed by atoms with Crippen molar-refractivity contribution in [2.45, 2.75) is 49.1 Å². The van der Waals surface area contributed by atoms with Crippen molar-refractivity contribution < 1.29 is 13.2 Å². The first kappa shape index (κ1) is 17.9. The molecule has 1 spiro atoms. The minimum Gasteiger partial charge on any atom is -0.375 e. The van der Waals surface area contributed by atoms with E-state index in [0.29, 0.717) is 24.0 Å². The Morgan fingerprint density at radius 3 is 2.50 bits per heavy atom. The van der Waals surface area contributed by atoms with Crippen LogP contribution in [-0.4, -0.2) is 63.1 Å². The van der Waals surface area contributed by atoms with E-state index in [-0.39, 0.29) is 5.60 Å². The molecule has 0 aromatic heterocycles. The second-order valence-electron chi connectivity index (χ2n) is 7.31. The summed E-state index contributed by atoms with van der Waals surface area (Å²) in [6.45, 7) is 3.70. The van der Waals surface area contributed by atoms with Gasteiger partial charge >= 0.3 is 0 Å². The number of benzene rings is 1. The van der Waals surface area contributed by atoms with Crippen molar-refractivity contribution in [2.24, 2.45) is 0 Å². The highest BCUT2D eigenvalue weighted by Gasteiger charge is 2.43. The van der Waals surface area contributed by atoms with Gasteiger partial charge < -0.3 is 9.64 Å². The molecule has 2 aliphatic rings. The molecule has 3 rings (SSSR count). The fourth-order valence-corrected chi connectivity index (χ4v) is 5.58. The Hall–Kier alpha value is -0.950. The Morgan fingerprint density at radius 1 is 1.21 bits per heavy atom. The molecule has 0 bridgehead atoms. The molecule has 2 saturated heterocycles. The summed E-state index contributed by atoms with van der Waals surface area (Å²) >= 11 is 0. The first-order valence-corrected chi connectivity index (χ1v) is 10.1. The van der Waals surface area contributed by atoms with Crippen molar-refractivity contribution in [2.75, 3.05) is 33.8 Å². The minimum absolute atomic E-state index is 0.148. The van der Waals surface area contributed by atoms with Gasteiger partial charge in [-0.1, -0.05) is 18.2 Å². The third kappa shape index (κ3) is 3.38. The lowest BCUT2D eigenvalue weighted by Gasteiger charge is -2.47. The van der Waals surface area contributed by atoms with Gasteiger partial charge in [0.15, 0.2) is 0 Å². The summed E-state index contributed by atoms with van der Waals surface area (Å²) in [5, 5.41) is 0. The highest BCUT2D eigenvalue weighted by Crippen LogP contribution is 2.37. The lowest BCUT2D eigenvalue weighted by Crippen LogP contribution is -2.53. The van der Waals surface area contributed by atoms with Crippen molar-refractivity contribution in [1.82, 2.24) is 9.21 Å². The smallest absolute Gasteiger partial charge is 0.243 e. The molecule has 134 valence electrons. The van der Waals surface area contributed by atoms with Crippen LogP contribution >= 0.6 is 0 Å². The van der Waals surface area contributed by atoms with Gasteiger partial charge in [-0.05, 0) is 58.3 Å². The van der Waals surface area contributed by atoms with Crippen LogP contribution in [0, 0.1) is 6.92 Å². The van der Waals surface area contributed by atoms with E-state index in [1.165, 1.54) is 0 Å². The van der Waals surface area contributed by atoms with Gasteiger partial charge in [0.25, 0.3) is 0 Å². The van der Waals surface area contributed by atoms with E-state index in [4.69, 9.17) is 4.74 Å². The van der Waals surface area contributed by atoms with Gasteiger partial charge in [-0.3, -0.25) is 0 Å². The van der Waals surface area contributed by atoms with Crippen LogP contribution in [0.3, 0.4) is 0 Å². The first-order valence-electron chi connectivity index (χ1n) is 8.70. The highest BCUT2D eigenvalue weighted by atomic mass is 32.2. The Bertz CT molecular complexity index is 679. The number of rotatable bonds is 3. The van der Waals surface area contributed by atoms with E-state index in [0.717, 1.165) is 37.9 Å². The number of nitrogens with zero attached hydrogens (tertiary/aromatic N) is 2. The second kappa shape index (κ2) is 6.75. The third-order valence-corrected chi connectivity index (χ3v) is 7.60. The first-order chi connectivity index (χ1) is 11.3. The number of hydrogen-bond acceptors (Lipinski definition) is 4. The van der Waals surface area contributed by atoms with Crippen LogP contribution in [0.1, 0.15) is 31.2 Å². The molecule has 0 unspecified atom stereocenters. The van der Waals surface area contributed by atoms with E-state index in [9.17, 15) is 8.42 Å². The molecular weight excluding hydrogens is 324 g/mol. The van der Waals surface area contributed by atoms with Gasteiger partial charge in [0.2, 0.25) is 10.0 Å². The van der Waals surface area contributed by atoms with Gasteiger partial charge in [-0.15, -0.1) is 0 Å². The number of sulfonamides is 1. The van der Waals surface area contributed by atoms with Gasteiger partial charge in [0.05, 0.1) is 10.5 Å². The van der Waals surface area contributed by atoms with Crippen molar-refractivity contribution in [3.63, 3.8) is 0 Å².